The maximum atomic E-state index is 12.7. The minimum atomic E-state index is -0.308. The van der Waals surface area contributed by atoms with Gasteiger partial charge in [-0.2, -0.15) is 5.26 Å². The summed E-state index contributed by atoms with van der Waals surface area (Å²) in [7, 11) is 0. The van der Waals surface area contributed by atoms with Crippen molar-refractivity contribution in [3.05, 3.63) is 35.6 Å². The molecule has 88 valence electrons. The number of halogens is 1. The summed E-state index contributed by atoms with van der Waals surface area (Å²) in [5.74, 6) is -0.363. The van der Waals surface area contributed by atoms with Crippen molar-refractivity contribution in [2.45, 2.75) is 25.3 Å². The first kappa shape index (κ1) is 11.6. The van der Waals surface area contributed by atoms with E-state index < -0.39 is 0 Å². The number of hydrogen-bond acceptors (Lipinski definition) is 2. The molecule has 4 heteroatoms. The highest BCUT2D eigenvalue weighted by Crippen LogP contribution is 2.27. The molecule has 1 saturated carbocycles. The third-order valence-electron chi connectivity index (χ3n) is 2.82. The van der Waals surface area contributed by atoms with Gasteiger partial charge in [0.25, 0.3) is 0 Å². The average Bonchev–Trinajstić information content (AvgIpc) is 3.13. The zero-order valence-electron chi connectivity index (χ0n) is 9.40. The van der Waals surface area contributed by atoms with E-state index >= 15 is 0 Å². The Morgan fingerprint density at radius 1 is 1.41 bits per heavy atom. The van der Waals surface area contributed by atoms with Gasteiger partial charge in [0, 0.05) is 6.04 Å². The Balaban J connectivity index is 1.99. The van der Waals surface area contributed by atoms with Gasteiger partial charge >= 0.3 is 0 Å². The Kier molecular flexibility index (Phi) is 3.38. The molecule has 0 aliphatic heterocycles. The Morgan fingerprint density at radius 3 is 2.59 bits per heavy atom. The normalized spacial score (nSPS) is 14.1. The predicted molar refractivity (Wildman–Crippen MR) is 60.5 cm³/mol. The second kappa shape index (κ2) is 4.96. The number of amides is 1. The van der Waals surface area contributed by atoms with Crippen LogP contribution in [0.15, 0.2) is 24.3 Å². The van der Waals surface area contributed by atoms with Crippen LogP contribution in [0.5, 0.6) is 0 Å². The predicted octanol–water partition coefficient (Wildman–Crippen LogP) is 1.88. The standard InChI is InChI=1S/C13H13FN2O/c14-11-3-1-10(2-4-11)9-13(17)16(8-7-15)12-5-6-12/h1-4,12H,5-6,8-9H2. The molecule has 17 heavy (non-hydrogen) atoms. The average molecular weight is 232 g/mol. The third kappa shape index (κ3) is 3.04. The van der Waals surface area contributed by atoms with E-state index in [4.69, 9.17) is 5.26 Å². The van der Waals surface area contributed by atoms with Gasteiger partial charge < -0.3 is 4.90 Å². The summed E-state index contributed by atoms with van der Waals surface area (Å²) in [6.45, 7) is 0.144. The fourth-order valence-electron chi connectivity index (χ4n) is 1.76. The molecule has 1 fully saturated rings. The lowest BCUT2D eigenvalue weighted by Gasteiger charge is -2.18. The molecule has 1 aromatic rings. The minimum Gasteiger partial charge on any atom is -0.326 e. The fraction of sp³-hybridized carbons (Fsp3) is 0.385. The van der Waals surface area contributed by atoms with Gasteiger partial charge in [0.2, 0.25) is 5.91 Å². The van der Waals surface area contributed by atoms with Crippen molar-refractivity contribution in [2.24, 2.45) is 0 Å². The second-order valence-electron chi connectivity index (χ2n) is 4.21. The fourth-order valence-corrected chi connectivity index (χ4v) is 1.76. The highest BCUT2D eigenvalue weighted by Gasteiger charge is 2.32. The van der Waals surface area contributed by atoms with Crippen LogP contribution < -0.4 is 0 Å². The lowest BCUT2D eigenvalue weighted by molar-refractivity contribution is -0.130. The van der Waals surface area contributed by atoms with Crippen molar-refractivity contribution < 1.29 is 9.18 Å². The molecule has 1 aliphatic carbocycles. The monoisotopic (exact) mass is 232 g/mol. The molecule has 3 nitrogen and oxygen atoms in total. The molecule has 2 rings (SSSR count). The van der Waals surface area contributed by atoms with Crippen molar-refractivity contribution in [2.75, 3.05) is 6.54 Å². The van der Waals surface area contributed by atoms with Crippen LogP contribution in [-0.4, -0.2) is 23.4 Å². The molecule has 0 radical (unpaired) electrons. The molecule has 0 atom stereocenters. The zero-order valence-corrected chi connectivity index (χ0v) is 9.40. The smallest absolute Gasteiger partial charge is 0.228 e. The molecule has 0 heterocycles. The molecule has 0 aromatic heterocycles. The third-order valence-corrected chi connectivity index (χ3v) is 2.82. The van der Waals surface area contributed by atoms with Crippen LogP contribution in [0.4, 0.5) is 4.39 Å². The molecule has 1 aliphatic rings. The van der Waals surface area contributed by atoms with Gasteiger partial charge in [0.05, 0.1) is 12.5 Å². The summed E-state index contributed by atoms with van der Waals surface area (Å²) in [5.41, 5.74) is 0.778. The van der Waals surface area contributed by atoms with Crippen molar-refractivity contribution in [3.63, 3.8) is 0 Å². The number of nitriles is 1. The van der Waals surface area contributed by atoms with Crippen LogP contribution in [0, 0.1) is 17.1 Å². The quantitative estimate of drug-likeness (QED) is 0.744. The van der Waals surface area contributed by atoms with E-state index in [9.17, 15) is 9.18 Å². The summed E-state index contributed by atoms with van der Waals surface area (Å²) in [4.78, 5) is 13.6. The van der Waals surface area contributed by atoms with Crippen LogP contribution >= 0.6 is 0 Å². The van der Waals surface area contributed by atoms with E-state index in [1.165, 1.54) is 12.1 Å². The first-order valence-corrected chi connectivity index (χ1v) is 5.61. The number of benzene rings is 1. The Labute approximate surface area is 99.5 Å². The minimum absolute atomic E-state index is 0.0549. The summed E-state index contributed by atoms with van der Waals surface area (Å²) in [6, 6.07) is 8.14. The zero-order chi connectivity index (χ0) is 12.3. The SMILES string of the molecule is N#CCN(C(=O)Cc1ccc(F)cc1)C1CC1. The largest absolute Gasteiger partial charge is 0.326 e. The van der Waals surface area contributed by atoms with E-state index in [-0.39, 0.29) is 30.7 Å². The molecule has 0 unspecified atom stereocenters. The molecule has 0 spiro atoms. The lowest BCUT2D eigenvalue weighted by Crippen LogP contribution is -2.34. The lowest BCUT2D eigenvalue weighted by atomic mass is 10.1. The highest BCUT2D eigenvalue weighted by atomic mass is 19.1. The van der Waals surface area contributed by atoms with Gasteiger partial charge in [-0.25, -0.2) is 4.39 Å². The first-order valence-electron chi connectivity index (χ1n) is 5.61. The summed E-state index contributed by atoms with van der Waals surface area (Å²) >= 11 is 0. The van der Waals surface area contributed by atoms with Crippen molar-refractivity contribution >= 4 is 5.91 Å². The first-order chi connectivity index (χ1) is 8.20. The van der Waals surface area contributed by atoms with Crippen molar-refractivity contribution in [3.8, 4) is 6.07 Å². The maximum absolute atomic E-state index is 12.7. The summed E-state index contributed by atoms with van der Waals surface area (Å²) < 4.78 is 12.7. The van der Waals surface area contributed by atoms with Crippen molar-refractivity contribution in [1.29, 1.82) is 5.26 Å². The van der Waals surface area contributed by atoms with Crippen LogP contribution in [0.1, 0.15) is 18.4 Å². The molecular weight excluding hydrogens is 219 g/mol. The number of carbonyl (C=O) groups excluding carboxylic acids is 1. The topological polar surface area (TPSA) is 44.1 Å². The highest BCUT2D eigenvalue weighted by molar-refractivity contribution is 5.79. The molecule has 0 bridgehead atoms. The molecular formula is C13H13FN2O. The number of rotatable bonds is 4. The van der Waals surface area contributed by atoms with Crippen molar-refractivity contribution in [1.82, 2.24) is 4.90 Å². The van der Waals surface area contributed by atoms with Crippen LogP contribution in [0.2, 0.25) is 0 Å². The molecule has 1 aromatic carbocycles. The Hall–Kier alpha value is -1.89. The van der Waals surface area contributed by atoms with Gasteiger partial charge in [-0.15, -0.1) is 0 Å². The Morgan fingerprint density at radius 2 is 2.06 bits per heavy atom. The van der Waals surface area contributed by atoms with Gasteiger partial charge in [-0.3, -0.25) is 4.79 Å². The second-order valence-corrected chi connectivity index (χ2v) is 4.21. The van der Waals surface area contributed by atoms with E-state index in [0.717, 1.165) is 18.4 Å². The van der Waals surface area contributed by atoms with E-state index in [1.807, 2.05) is 6.07 Å². The summed E-state index contributed by atoms with van der Waals surface area (Å²) in [5, 5.41) is 8.67. The van der Waals surface area contributed by atoms with Crippen LogP contribution in [0.25, 0.3) is 0 Å². The van der Waals surface area contributed by atoms with E-state index in [0.29, 0.717) is 0 Å². The number of nitrogens with zero attached hydrogens (tertiary/aromatic N) is 2. The number of carbonyl (C=O) groups is 1. The van der Waals surface area contributed by atoms with E-state index in [1.54, 1.807) is 17.0 Å². The summed E-state index contributed by atoms with van der Waals surface area (Å²) in [6.07, 6.45) is 2.20. The maximum Gasteiger partial charge on any atom is 0.228 e. The van der Waals surface area contributed by atoms with Crippen LogP contribution in [-0.2, 0) is 11.2 Å². The molecule has 0 saturated heterocycles. The van der Waals surface area contributed by atoms with Gasteiger partial charge in [-0.05, 0) is 30.5 Å². The van der Waals surface area contributed by atoms with E-state index in [2.05, 4.69) is 0 Å². The van der Waals surface area contributed by atoms with Crippen LogP contribution in [0.3, 0.4) is 0 Å². The molecule has 1 amide bonds. The van der Waals surface area contributed by atoms with Gasteiger partial charge in [0.1, 0.15) is 12.4 Å². The Bertz CT molecular complexity index is 445. The van der Waals surface area contributed by atoms with Gasteiger partial charge in [-0.1, -0.05) is 12.1 Å². The molecule has 0 N–H and O–H groups in total. The number of hydrogen-bond donors (Lipinski definition) is 0. The van der Waals surface area contributed by atoms with Gasteiger partial charge in [0.15, 0.2) is 0 Å².